The molecule has 7 heteroatoms. The molecule has 1 fully saturated rings. The first kappa shape index (κ1) is 14.0. The second kappa shape index (κ2) is 5.68. The smallest absolute Gasteiger partial charge is 0.413 e. The number of non-ortho nitro benzene ring substituents is 1. The maximum absolute atomic E-state index is 11.5. The SMILES string of the molecule is COC(=O)NC(=O)C[C@@H]1C[C@H]1c1ccc([N+](=O)[O-])cc1. The van der Waals surface area contributed by atoms with Crippen molar-refractivity contribution in [2.24, 2.45) is 5.92 Å². The molecule has 0 bridgehead atoms. The zero-order chi connectivity index (χ0) is 14.7. The van der Waals surface area contributed by atoms with Crippen LogP contribution >= 0.6 is 0 Å². The van der Waals surface area contributed by atoms with Crippen molar-refractivity contribution in [3.05, 3.63) is 39.9 Å². The van der Waals surface area contributed by atoms with Crippen LogP contribution in [0.2, 0.25) is 0 Å². The number of ether oxygens (including phenoxy) is 1. The van der Waals surface area contributed by atoms with E-state index in [2.05, 4.69) is 10.1 Å². The summed E-state index contributed by atoms with van der Waals surface area (Å²) in [5.74, 6) is 0.0200. The first-order chi connectivity index (χ1) is 9.51. The van der Waals surface area contributed by atoms with Gasteiger partial charge in [0, 0.05) is 18.6 Å². The molecule has 0 unspecified atom stereocenters. The lowest BCUT2D eigenvalue weighted by atomic mass is 10.1. The highest BCUT2D eigenvalue weighted by molar-refractivity contribution is 5.91. The number of imide groups is 1. The van der Waals surface area contributed by atoms with Crippen LogP contribution in [0.25, 0.3) is 0 Å². The van der Waals surface area contributed by atoms with Gasteiger partial charge in [0.25, 0.3) is 5.69 Å². The molecule has 106 valence electrons. The van der Waals surface area contributed by atoms with E-state index in [1.165, 1.54) is 19.2 Å². The number of hydrogen-bond acceptors (Lipinski definition) is 5. The third-order valence-corrected chi connectivity index (χ3v) is 3.33. The summed E-state index contributed by atoms with van der Waals surface area (Å²) >= 11 is 0. The van der Waals surface area contributed by atoms with Gasteiger partial charge >= 0.3 is 6.09 Å². The Kier molecular flexibility index (Phi) is 3.97. The Bertz CT molecular complexity index is 540. The van der Waals surface area contributed by atoms with Gasteiger partial charge in [-0.25, -0.2) is 4.79 Å². The first-order valence-corrected chi connectivity index (χ1v) is 6.13. The van der Waals surface area contributed by atoms with Gasteiger partial charge in [0.05, 0.1) is 12.0 Å². The van der Waals surface area contributed by atoms with E-state index in [9.17, 15) is 19.7 Å². The van der Waals surface area contributed by atoms with E-state index in [0.717, 1.165) is 12.0 Å². The number of carbonyl (C=O) groups excluding carboxylic acids is 2. The van der Waals surface area contributed by atoms with Gasteiger partial charge in [-0.05, 0) is 23.8 Å². The number of amides is 2. The van der Waals surface area contributed by atoms with Crippen LogP contribution in [0.5, 0.6) is 0 Å². The number of hydrogen-bond donors (Lipinski definition) is 1. The van der Waals surface area contributed by atoms with Gasteiger partial charge in [-0.2, -0.15) is 0 Å². The molecule has 1 aromatic rings. The summed E-state index contributed by atoms with van der Waals surface area (Å²) < 4.78 is 4.34. The van der Waals surface area contributed by atoms with Crippen molar-refractivity contribution < 1.29 is 19.2 Å². The van der Waals surface area contributed by atoms with Crippen LogP contribution in [0.4, 0.5) is 10.5 Å². The van der Waals surface area contributed by atoms with Gasteiger partial charge in [-0.15, -0.1) is 0 Å². The van der Waals surface area contributed by atoms with Crippen molar-refractivity contribution >= 4 is 17.7 Å². The fourth-order valence-corrected chi connectivity index (χ4v) is 2.18. The maximum Gasteiger partial charge on any atom is 0.413 e. The molecule has 2 atom stereocenters. The molecule has 2 amide bonds. The van der Waals surface area contributed by atoms with E-state index in [1.54, 1.807) is 12.1 Å². The van der Waals surface area contributed by atoms with Crippen molar-refractivity contribution in [3.63, 3.8) is 0 Å². The number of carbonyl (C=O) groups is 2. The number of nitro benzene ring substituents is 1. The van der Waals surface area contributed by atoms with Crippen molar-refractivity contribution in [3.8, 4) is 0 Å². The lowest BCUT2D eigenvalue weighted by Gasteiger charge is -2.02. The van der Waals surface area contributed by atoms with E-state index in [1.807, 2.05) is 0 Å². The Labute approximate surface area is 115 Å². The van der Waals surface area contributed by atoms with E-state index in [0.29, 0.717) is 0 Å². The summed E-state index contributed by atoms with van der Waals surface area (Å²) in [7, 11) is 1.19. The molecular formula is C13H14N2O5. The van der Waals surface area contributed by atoms with Crippen LogP contribution in [0.3, 0.4) is 0 Å². The van der Waals surface area contributed by atoms with Crippen molar-refractivity contribution in [2.75, 3.05) is 7.11 Å². The highest BCUT2D eigenvalue weighted by Crippen LogP contribution is 2.49. The van der Waals surface area contributed by atoms with E-state index in [-0.39, 0.29) is 29.9 Å². The quantitative estimate of drug-likeness (QED) is 0.670. The number of nitro groups is 1. The average molecular weight is 278 g/mol. The van der Waals surface area contributed by atoms with Crippen LogP contribution in [-0.2, 0) is 9.53 Å². The van der Waals surface area contributed by atoms with Crippen LogP contribution in [-0.4, -0.2) is 24.0 Å². The molecule has 0 aromatic heterocycles. The third kappa shape index (κ3) is 3.31. The molecule has 0 radical (unpaired) electrons. The lowest BCUT2D eigenvalue weighted by Crippen LogP contribution is -2.30. The minimum atomic E-state index is -0.762. The number of rotatable bonds is 4. The molecule has 1 saturated carbocycles. The van der Waals surface area contributed by atoms with Gasteiger partial charge in [-0.3, -0.25) is 20.2 Å². The molecule has 1 aliphatic rings. The van der Waals surface area contributed by atoms with Crippen molar-refractivity contribution in [1.29, 1.82) is 0 Å². The largest absolute Gasteiger partial charge is 0.453 e. The summed E-state index contributed by atoms with van der Waals surface area (Å²) in [5, 5.41) is 12.7. The number of nitrogens with one attached hydrogen (secondary N) is 1. The third-order valence-electron chi connectivity index (χ3n) is 3.33. The molecule has 1 aromatic carbocycles. The minimum absolute atomic E-state index is 0.0504. The molecule has 0 saturated heterocycles. The fraction of sp³-hybridized carbons (Fsp3) is 0.385. The molecule has 0 heterocycles. The summed E-state index contributed by atoms with van der Waals surface area (Å²) in [4.78, 5) is 32.4. The van der Waals surface area contributed by atoms with Crippen LogP contribution in [0.15, 0.2) is 24.3 Å². The average Bonchev–Trinajstić information content (AvgIpc) is 3.17. The van der Waals surface area contributed by atoms with Gasteiger partial charge in [-0.1, -0.05) is 12.1 Å². The minimum Gasteiger partial charge on any atom is -0.453 e. The van der Waals surface area contributed by atoms with Crippen LogP contribution < -0.4 is 5.32 Å². The van der Waals surface area contributed by atoms with Crippen molar-refractivity contribution in [2.45, 2.75) is 18.8 Å². The highest BCUT2D eigenvalue weighted by atomic mass is 16.6. The Balaban J connectivity index is 1.87. The number of methoxy groups -OCH3 is 1. The molecule has 20 heavy (non-hydrogen) atoms. The van der Waals surface area contributed by atoms with E-state index >= 15 is 0 Å². The maximum atomic E-state index is 11.5. The predicted octanol–water partition coefficient (Wildman–Crippen LogP) is 1.97. The molecule has 7 nitrogen and oxygen atoms in total. The van der Waals surface area contributed by atoms with Gasteiger partial charge in [0.2, 0.25) is 5.91 Å². The summed E-state index contributed by atoms with van der Waals surface area (Å²) in [6.07, 6.45) is 0.325. The normalized spacial score (nSPS) is 20.1. The van der Waals surface area contributed by atoms with Crippen molar-refractivity contribution in [1.82, 2.24) is 5.32 Å². The number of nitrogens with zero attached hydrogens (tertiary/aromatic N) is 1. The predicted molar refractivity (Wildman–Crippen MR) is 69.1 cm³/mol. The molecular weight excluding hydrogens is 264 g/mol. The monoisotopic (exact) mass is 278 g/mol. The van der Waals surface area contributed by atoms with Gasteiger partial charge < -0.3 is 4.74 Å². The highest BCUT2D eigenvalue weighted by Gasteiger charge is 2.39. The zero-order valence-electron chi connectivity index (χ0n) is 10.9. The zero-order valence-corrected chi connectivity index (χ0v) is 10.9. The number of benzene rings is 1. The Morgan fingerprint density at radius 2 is 2.05 bits per heavy atom. The molecule has 2 rings (SSSR count). The Hall–Kier alpha value is -2.44. The Morgan fingerprint density at radius 3 is 2.60 bits per heavy atom. The van der Waals surface area contributed by atoms with Crippen LogP contribution in [0, 0.1) is 16.0 Å². The first-order valence-electron chi connectivity index (χ1n) is 6.13. The number of alkyl carbamates (subject to hydrolysis) is 1. The molecule has 1 N–H and O–H groups in total. The van der Waals surface area contributed by atoms with E-state index in [4.69, 9.17) is 0 Å². The van der Waals surface area contributed by atoms with Gasteiger partial charge in [0.1, 0.15) is 0 Å². The second-order valence-corrected chi connectivity index (χ2v) is 4.69. The van der Waals surface area contributed by atoms with Crippen LogP contribution in [0.1, 0.15) is 24.3 Å². The summed E-state index contributed by atoms with van der Waals surface area (Å²) in [5.41, 5.74) is 1.03. The van der Waals surface area contributed by atoms with E-state index < -0.39 is 11.0 Å². The summed E-state index contributed by atoms with van der Waals surface area (Å²) in [6.45, 7) is 0. The lowest BCUT2D eigenvalue weighted by molar-refractivity contribution is -0.384. The Morgan fingerprint density at radius 1 is 1.40 bits per heavy atom. The standard InChI is InChI=1S/C13H14N2O5/c1-20-13(17)14-12(16)7-9-6-11(9)8-2-4-10(5-3-8)15(18)19/h2-5,9,11H,6-7H2,1H3,(H,14,16,17)/t9-,11-/m0/s1. The summed E-state index contributed by atoms with van der Waals surface area (Å²) in [6, 6.07) is 6.33. The molecule has 0 spiro atoms. The van der Waals surface area contributed by atoms with Gasteiger partial charge in [0.15, 0.2) is 0 Å². The topological polar surface area (TPSA) is 98.5 Å². The fourth-order valence-electron chi connectivity index (χ4n) is 2.18. The molecule has 0 aliphatic heterocycles. The second-order valence-electron chi connectivity index (χ2n) is 4.69. The molecule has 1 aliphatic carbocycles.